The lowest BCUT2D eigenvalue weighted by molar-refractivity contribution is 0.405. The van der Waals surface area contributed by atoms with Gasteiger partial charge in [-0.05, 0) is 30.3 Å². The van der Waals surface area contributed by atoms with Gasteiger partial charge in [0, 0.05) is 19.3 Å². The Labute approximate surface area is 112 Å². The minimum Gasteiger partial charge on any atom is -0.382 e. The van der Waals surface area contributed by atoms with Gasteiger partial charge in [-0.3, -0.25) is 0 Å². The molecule has 102 valence electrons. The molecule has 1 fully saturated rings. The molecule has 2 N–H and O–H groups in total. The Morgan fingerprint density at radius 1 is 1.56 bits per heavy atom. The van der Waals surface area contributed by atoms with Crippen LogP contribution in [0.2, 0.25) is 0 Å². The van der Waals surface area contributed by atoms with Gasteiger partial charge in [0.15, 0.2) is 15.7 Å². The fourth-order valence-electron chi connectivity index (χ4n) is 2.42. The van der Waals surface area contributed by atoms with Crippen molar-refractivity contribution in [3.63, 3.8) is 0 Å². The predicted molar refractivity (Wildman–Crippen MR) is 74.9 cm³/mol. The molecule has 0 spiro atoms. The lowest BCUT2D eigenvalue weighted by atomic mass is 9.96. The molecule has 1 atom stereocenters. The largest absolute Gasteiger partial charge is 0.382 e. The molecule has 2 heterocycles. The summed E-state index contributed by atoms with van der Waals surface area (Å²) >= 11 is 1.19. The highest BCUT2D eigenvalue weighted by Gasteiger charge is 2.28. The first-order valence-corrected chi connectivity index (χ1v) is 8.80. The highest BCUT2D eigenvalue weighted by molar-refractivity contribution is 7.91. The van der Waals surface area contributed by atoms with Crippen LogP contribution in [0.5, 0.6) is 0 Å². The van der Waals surface area contributed by atoms with Gasteiger partial charge in [0.1, 0.15) is 9.90 Å². The smallest absolute Gasteiger partial charge is 0.182 e. The van der Waals surface area contributed by atoms with Gasteiger partial charge in [-0.2, -0.15) is 4.37 Å². The topological polar surface area (TPSA) is 76.3 Å². The van der Waals surface area contributed by atoms with Gasteiger partial charge < -0.3 is 10.6 Å². The average Bonchev–Trinajstić information content (AvgIpc) is 2.71. The normalized spacial score (nSPS) is 21.2. The fraction of sp³-hybridized carbons (Fsp3) is 0.727. The summed E-state index contributed by atoms with van der Waals surface area (Å²) in [6.07, 6.45) is 4.63. The number of aromatic nitrogens is 1. The van der Waals surface area contributed by atoms with Crippen LogP contribution in [-0.2, 0) is 9.84 Å². The molecule has 1 saturated heterocycles. The average molecular weight is 289 g/mol. The van der Waals surface area contributed by atoms with E-state index in [4.69, 9.17) is 5.73 Å². The van der Waals surface area contributed by atoms with E-state index in [1.807, 2.05) is 0 Å². The van der Waals surface area contributed by atoms with Gasteiger partial charge in [0.05, 0.1) is 0 Å². The maximum atomic E-state index is 11.8. The summed E-state index contributed by atoms with van der Waals surface area (Å²) in [4.78, 5) is 2.34. The van der Waals surface area contributed by atoms with E-state index in [0.717, 1.165) is 25.9 Å². The number of nitrogens with zero attached hydrogens (tertiary/aromatic N) is 2. The van der Waals surface area contributed by atoms with Gasteiger partial charge in [-0.15, -0.1) is 0 Å². The molecule has 7 heteroatoms. The van der Waals surface area contributed by atoms with Crippen molar-refractivity contribution in [3.8, 4) is 0 Å². The van der Waals surface area contributed by atoms with Crippen LogP contribution in [0.25, 0.3) is 0 Å². The van der Waals surface area contributed by atoms with E-state index in [-0.39, 0.29) is 10.7 Å². The maximum Gasteiger partial charge on any atom is 0.182 e. The molecule has 1 aliphatic heterocycles. The van der Waals surface area contributed by atoms with Crippen molar-refractivity contribution in [2.45, 2.75) is 31.1 Å². The second kappa shape index (κ2) is 5.05. The third-order valence-electron chi connectivity index (χ3n) is 3.41. The molecule has 18 heavy (non-hydrogen) atoms. The third-order valence-corrected chi connectivity index (χ3v) is 5.61. The molecule has 0 bridgehead atoms. The van der Waals surface area contributed by atoms with Gasteiger partial charge in [0.25, 0.3) is 0 Å². The van der Waals surface area contributed by atoms with Crippen LogP contribution in [0, 0.1) is 5.92 Å². The van der Waals surface area contributed by atoms with E-state index < -0.39 is 9.84 Å². The van der Waals surface area contributed by atoms with E-state index in [2.05, 4.69) is 16.2 Å². The Hall–Kier alpha value is -0.820. The van der Waals surface area contributed by atoms with E-state index in [1.165, 1.54) is 24.2 Å². The number of hydrogen-bond acceptors (Lipinski definition) is 6. The number of hydrogen-bond donors (Lipinski definition) is 1. The maximum absolute atomic E-state index is 11.8. The van der Waals surface area contributed by atoms with Crippen LogP contribution in [0.3, 0.4) is 0 Å². The molecule has 1 aromatic heterocycles. The van der Waals surface area contributed by atoms with Crippen LogP contribution in [-0.4, -0.2) is 32.1 Å². The van der Waals surface area contributed by atoms with Crippen molar-refractivity contribution < 1.29 is 8.42 Å². The van der Waals surface area contributed by atoms with Gasteiger partial charge in [-0.1, -0.05) is 13.3 Å². The van der Waals surface area contributed by atoms with Crippen LogP contribution in [0.15, 0.2) is 4.90 Å². The molecule has 1 aromatic rings. The highest BCUT2D eigenvalue weighted by Crippen LogP contribution is 2.37. The first kappa shape index (κ1) is 13.6. The number of anilines is 2. The quantitative estimate of drug-likeness (QED) is 0.917. The Kier molecular flexibility index (Phi) is 3.82. The van der Waals surface area contributed by atoms with Gasteiger partial charge in [0.2, 0.25) is 0 Å². The zero-order valence-corrected chi connectivity index (χ0v) is 12.4. The Morgan fingerprint density at radius 2 is 2.28 bits per heavy atom. The summed E-state index contributed by atoms with van der Waals surface area (Å²) in [6, 6.07) is 0. The van der Waals surface area contributed by atoms with Crippen LogP contribution in [0.4, 0.5) is 10.8 Å². The van der Waals surface area contributed by atoms with Crippen molar-refractivity contribution in [3.05, 3.63) is 0 Å². The Balaban J connectivity index is 2.34. The summed E-state index contributed by atoms with van der Waals surface area (Å²) in [5, 5.41) is 0.716. The highest BCUT2D eigenvalue weighted by atomic mass is 32.2. The third kappa shape index (κ3) is 2.61. The summed E-state index contributed by atoms with van der Waals surface area (Å²) in [7, 11) is -3.31. The minimum atomic E-state index is -3.31. The van der Waals surface area contributed by atoms with Crippen molar-refractivity contribution in [1.29, 1.82) is 0 Å². The number of nitrogen functional groups attached to an aromatic ring is 1. The summed E-state index contributed by atoms with van der Waals surface area (Å²) in [6.45, 7) is 3.97. The minimum absolute atomic E-state index is 0.135. The second-order valence-electron chi connectivity index (χ2n) is 4.84. The fourth-order valence-corrected chi connectivity index (χ4v) is 4.66. The number of nitrogens with two attached hydrogens (primary N) is 1. The molecule has 5 nitrogen and oxygen atoms in total. The van der Waals surface area contributed by atoms with Gasteiger partial charge in [-0.25, -0.2) is 8.42 Å². The van der Waals surface area contributed by atoms with E-state index in [1.54, 1.807) is 0 Å². The molecular formula is C11H19N3O2S2. The monoisotopic (exact) mass is 289 g/mol. The Bertz CT molecular complexity index is 524. The van der Waals surface area contributed by atoms with Crippen LogP contribution >= 0.6 is 11.5 Å². The van der Waals surface area contributed by atoms with E-state index in [9.17, 15) is 8.42 Å². The SMILES string of the molecule is CCC1CCCN(c2snc(N)c2S(C)(=O)=O)C1. The Morgan fingerprint density at radius 3 is 2.89 bits per heavy atom. The van der Waals surface area contributed by atoms with Crippen molar-refractivity contribution >= 4 is 32.2 Å². The number of sulfone groups is 1. The number of piperidine rings is 1. The first-order chi connectivity index (χ1) is 8.43. The van der Waals surface area contributed by atoms with Crippen molar-refractivity contribution in [2.75, 3.05) is 30.0 Å². The summed E-state index contributed by atoms with van der Waals surface area (Å²) in [5.41, 5.74) is 5.69. The van der Waals surface area contributed by atoms with Crippen molar-refractivity contribution in [2.24, 2.45) is 5.92 Å². The second-order valence-corrected chi connectivity index (χ2v) is 7.54. The molecule has 0 saturated carbocycles. The molecule has 0 aromatic carbocycles. The molecule has 0 amide bonds. The van der Waals surface area contributed by atoms with Gasteiger partial charge >= 0.3 is 0 Å². The molecule has 1 aliphatic rings. The lowest BCUT2D eigenvalue weighted by Crippen LogP contribution is -2.35. The lowest BCUT2D eigenvalue weighted by Gasteiger charge is -2.33. The molecule has 2 rings (SSSR count). The summed E-state index contributed by atoms with van der Waals surface area (Å²) < 4.78 is 27.6. The summed E-state index contributed by atoms with van der Waals surface area (Å²) in [5.74, 6) is 0.769. The predicted octanol–water partition coefficient (Wildman–Crippen LogP) is 1.76. The first-order valence-electron chi connectivity index (χ1n) is 6.13. The molecule has 0 radical (unpaired) electrons. The molecule has 1 unspecified atom stereocenters. The standard InChI is InChI=1S/C11H19N3O2S2/c1-3-8-5-4-6-14(7-8)11-9(18(2,15)16)10(12)13-17-11/h8H,3-7H2,1-2H3,(H2,12,13). The molecule has 0 aliphatic carbocycles. The van der Waals surface area contributed by atoms with E-state index in [0.29, 0.717) is 10.9 Å². The van der Waals surface area contributed by atoms with Crippen molar-refractivity contribution in [1.82, 2.24) is 4.37 Å². The zero-order chi connectivity index (χ0) is 13.3. The van der Waals surface area contributed by atoms with Crippen LogP contribution < -0.4 is 10.6 Å². The molecular weight excluding hydrogens is 270 g/mol. The number of rotatable bonds is 3. The van der Waals surface area contributed by atoms with E-state index >= 15 is 0 Å². The zero-order valence-electron chi connectivity index (χ0n) is 10.7. The van der Waals surface area contributed by atoms with Crippen LogP contribution in [0.1, 0.15) is 26.2 Å².